The largest absolute Gasteiger partial charge is 0.393 e. The number of aliphatic hydroxyl groups excluding tert-OH is 1. The quantitative estimate of drug-likeness (QED) is 0.824. The highest BCUT2D eigenvalue weighted by Crippen LogP contribution is 2.26. The first kappa shape index (κ1) is 13.3. The Hall–Kier alpha value is -1.13. The molecule has 0 aromatic carbocycles. The van der Waals surface area contributed by atoms with E-state index in [0.29, 0.717) is 6.54 Å². The fourth-order valence-electron chi connectivity index (χ4n) is 2.48. The van der Waals surface area contributed by atoms with Crippen molar-refractivity contribution in [2.75, 3.05) is 18.5 Å². The van der Waals surface area contributed by atoms with Crippen molar-refractivity contribution < 1.29 is 5.11 Å². The van der Waals surface area contributed by atoms with Gasteiger partial charge >= 0.3 is 0 Å². The van der Waals surface area contributed by atoms with E-state index < -0.39 is 0 Å². The Bertz CT molecular complexity index is 418. The molecular weight excluding hydrogens is 226 g/mol. The monoisotopic (exact) mass is 249 g/mol. The number of nitrogens with zero attached hydrogens (tertiary/aromatic N) is 2. The number of rotatable bonds is 5. The zero-order valence-corrected chi connectivity index (χ0v) is 11.3. The summed E-state index contributed by atoms with van der Waals surface area (Å²) < 4.78 is 0. The van der Waals surface area contributed by atoms with E-state index in [9.17, 15) is 5.11 Å². The molecule has 4 nitrogen and oxygen atoms in total. The van der Waals surface area contributed by atoms with Gasteiger partial charge in [0.1, 0.15) is 5.82 Å². The van der Waals surface area contributed by atoms with Crippen LogP contribution in [0.15, 0.2) is 6.07 Å². The van der Waals surface area contributed by atoms with Crippen LogP contribution in [0.5, 0.6) is 0 Å². The van der Waals surface area contributed by atoms with Crippen molar-refractivity contribution in [3.05, 3.63) is 22.9 Å². The van der Waals surface area contributed by atoms with Crippen LogP contribution >= 0.6 is 0 Å². The van der Waals surface area contributed by atoms with Crippen LogP contribution in [0.3, 0.4) is 0 Å². The second-order valence-corrected chi connectivity index (χ2v) is 5.19. The van der Waals surface area contributed by atoms with Crippen LogP contribution < -0.4 is 10.6 Å². The SMILES string of the molecule is CC(O)CCN(C)c1nc2c(cc1CN)CCC2. The van der Waals surface area contributed by atoms with Crippen molar-refractivity contribution in [1.82, 2.24) is 4.98 Å². The highest BCUT2D eigenvalue weighted by molar-refractivity contribution is 5.50. The molecule has 0 radical (unpaired) electrons. The normalized spacial score (nSPS) is 15.6. The van der Waals surface area contributed by atoms with Crippen LogP contribution in [0.1, 0.15) is 36.6 Å². The first-order valence-electron chi connectivity index (χ1n) is 6.72. The predicted molar refractivity (Wildman–Crippen MR) is 73.7 cm³/mol. The maximum Gasteiger partial charge on any atom is 0.133 e. The summed E-state index contributed by atoms with van der Waals surface area (Å²) >= 11 is 0. The molecule has 1 aromatic heterocycles. The number of pyridine rings is 1. The molecule has 0 aliphatic heterocycles. The number of anilines is 1. The van der Waals surface area contributed by atoms with E-state index in [1.807, 2.05) is 14.0 Å². The smallest absolute Gasteiger partial charge is 0.133 e. The number of aliphatic hydroxyl groups is 1. The number of aromatic nitrogens is 1. The van der Waals surface area contributed by atoms with Gasteiger partial charge in [-0.15, -0.1) is 0 Å². The molecule has 1 heterocycles. The summed E-state index contributed by atoms with van der Waals surface area (Å²) in [5.41, 5.74) is 9.53. The third kappa shape index (κ3) is 2.82. The van der Waals surface area contributed by atoms with Gasteiger partial charge in [-0.2, -0.15) is 0 Å². The number of nitrogens with two attached hydrogens (primary N) is 1. The lowest BCUT2D eigenvalue weighted by atomic mass is 10.1. The van der Waals surface area contributed by atoms with E-state index in [0.717, 1.165) is 37.2 Å². The van der Waals surface area contributed by atoms with E-state index in [-0.39, 0.29) is 6.10 Å². The Morgan fingerprint density at radius 3 is 2.94 bits per heavy atom. The van der Waals surface area contributed by atoms with Crippen molar-refractivity contribution >= 4 is 5.82 Å². The molecule has 100 valence electrons. The maximum atomic E-state index is 9.36. The van der Waals surface area contributed by atoms with E-state index in [1.54, 1.807) is 0 Å². The van der Waals surface area contributed by atoms with Gasteiger partial charge in [0.2, 0.25) is 0 Å². The molecular formula is C14H23N3O. The Balaban J connectivity index is 2.20. The van der Waals surface area contributed by atoms with Gasteiger partial charge in [0.25, 0.3) is 0 Å². The van der Waals surface area contributed by atoms with Gasteiger partial charge in [0.05, 0.1) is 6.10 Å². The van der Waals surface area contributed by atoms with Crippen LogP contribution in [0, 0.1) is 0 Å². The lowest BCUT2D eigenvalue weighted by molar-refractivity contribution is 0.187. The summed E-state index contributed by atoms with van der Waals surface area (Å²) in [6.45, 7) is 3.14. The van der Waals surface area contributed by atoms with Gasteiger partial charge in [-0.25, -0.2) is 4.98 Å². The van der Waals surface area contributed by atoms with Gasteiger partial charge < -0.3 is 15.7 Å². The van der Waals surface area contributed by atoms with Crippen LogP contribution in [-0.2, 0) is 19.4 Å². The van der Waals surface area contributed by atoms with Gasteiger partial charge in [0, 0.05) is 31.4 Å². The second-order valence-electron chi connectivity index (χ2n) is 5.19. The molecule has 1 aromatic rings. The lowest BCUT2D eigenvalue weighted by Gasteiger charge is -2.22. The van der Waals surface area contributed by atoms with E-state index >= 15 is 0 Å². The number of hydrogen-bond donors (Lipinski definition) is 2. The summed E-state index contributed by atoms with van der Waals surface area (Å²) in [5.74, 6) is 0.985. The summed E-state index contributed by atoms with van der Waals surface area (Å²) in [4.78, 5) is 6.87. The standard InChI is InChI=1S/C14H23N3O/c1-10(18)6-7-17(2)14-12(9-15)8-11-4-3-5-13(11)16-14/h8,10,18H,3-7,9,15H2,1-2H3. The Kier molecular flexibility index (Phi) is 4.19. The fourth-order valence-corrected chi connectivity index (χ4v) is 2.48. The lowest BCUT2D eigenvalue weighted by Crippen LogP contribution is -2.25. The van der Waals surface area contributed by atoms with Crippen LogP contribution in [-0.4, -0.2) is 29.8 Å². The average Bonchev–Trinajstić information content (AvgIpc) is 2.81. The average molecular weight is 249 g/mol. The van der Waals surface area contributed by atoms with Crippen molar-refractivity contribution in [2.24, 2.45) is 5.73 Å². The molecule has 1 unspecified atom stereocenters. The molecule has 1 aliphatic rings. The van der Waals surface area contributed by atoms with Crippen molar-refractivity contribution in [1.29, 1.82) is 0 Å². The first-order chi connectivity index (χ1) is 8.61. The Morgan fingerprint density at radius 1 is 1.50 bits per heavy atom. The van der Waals surface area contributed by atoms with Crippen LogP contribution in [0.2, 0.25) is 0 Å². The Morgan fingerprint density at radius 2 is 2.28 bits per heavy atom. The highest BCUT2D eigenvalue weighted by atomic mass is 16.3. The van der Waals surface area contributed by atoms with Crippen LogP contribution in [0.4, 0.5) is 5.82 Å². The molecule has 1 atom stereocenters. The van der Waals surface area contributed by atoms with Crippen LogP contribution in [0.25, 0.3) is 0 Å². The topological polar surface area (TPSA) is 62.4 Å². The summed E-state index contributed by atoms with van der Waals surface area (Å²) in [6.07, 6.45) is 3.89. The van der Waals surface area contributed by atoms with Gasteiger partial charge in [0.15, 0.2) is 0 Å². The molecule has 0 spiro atoms. The first-order valence-corrected chi connectivity index (χ1v) is 6.72. The number of aryl methyl sites for hydroxylation is 2. The molecule has 0 amide bonds. The maximum absolute atomic E-state index is 9.36. The molecule has 0 fully saturated rings. The molecule has 0 saturated heterocycles. The highest BCUT2D eigenvalue weighted by Gasteiger charge is 2.17. The molecule has 0 bridgehead atoms. The van der Waals surface area contributed by atoms with Crippen molar-refractivity contribution in [3.8, 4) is 0 Å². The van der Waals surface area contributed by atoms with Gasteiger partial charge in [-0.1, -0.05) is 0 Å². The zero-order chi connectivity index (χ0) is 13.1. The third-order valence-corrected chi connectivity index (χ3v) is 3.57. The predicted octanol–water partition coefficient (Wildman–Crippen LogP) is 1.24. The minimum Gasteiger partial charge on any atom is -0.393 e. The molecule has 1 aliphatic carbocycles. The van der Waals surface area contributed by atoms with Crippen molar-refractivity contribution in [3.63, 3.8) is 0 Å². The summed E-state index contributed by atoms with van der Waals surface area (Å²) in [7, 11) is 2.02. The van der Waals surface area contributed by atoms with E-state index in [1.165, 1.54) is 17.7 Å². The zero-order valence-electron chi connectivity index (χ0n) is 11.3. The van der Waals surface area contributed by atoms with Gasteiger partial charge in [-0.3, -0.25) is 0 Å². The third-order valence-electron chi connectivity index (χ3n) is 3.57. The number of fused-ring (bicyclic) bond motifs is 1. The van der Waals surface area contributed by atoms with E-state index in [2.05, 4.69) is 11.0 Å². The Labute approximate surface area is 109 Å². The molecule has 18 heavy (non-hydrogen) atoms. The second kappa shape index (κ2) is 5.67. The summed E-state index contributed by atoms with van der Waals surface area (Å²) in [6, 6.07) is 2.21. The molecule has 2 rings (SSSR count). The van der Waals surface area contributed by atoms with Crippen molar-refractivity contribution in [2.45, 2.75) is 45.3 Å². The minimum atomic E-state index is -0.275. The molecule has 0 saturated carbocycles. The number of hydrogen-bond acceptors (Lipinski definition) is 4. The summed E-state index contributed by atoms with van der Waals surface area (Å²) in [5, 5.41) is 9.36. The molecule has 3 N–H and O–H groups in total. The minimum absolute atomic E-state index is 0.275. The van der Waals surface area contributed by atoms with E-state index in [4.69, 9.17) is 10.7 Å². The van der Waals surface area contributed by atoms with Gasteiger partial charge in [-0.05, 0) is 44.2 Å². The fraction of sp³-hybridized carbons (Fsp3) is 0.643. The molecule has 4 heteroatoms.